The van der Waals surface area contributed by atoms with Gasteiger partial charge in [-0.25, -0.2) is 9.78 Å². The first kappa shape index (κ1) is 8.41. The number of aliphatic imine (C=N–C) groups is 1. The van der Waals surface area contributed by atoms with Crippen molar-refractivity contribution in [1.82, 2.24) is 9.97 Å². The van der Waals surface area contributed by atoms with Crippen LogP contribution in [0.4, 0.5) is 5.69 Å². The molecule has 2 rings (SSSR count). The van der Waals surface area contributed by atoms with E-state index < -0.39 is 0 Å². The normalized spacial score (nSPS) is 9.43. The van der Waals surface area contributed by atoms with Crippen LogP contribution in [0.15, 0.2) is 41.7 Å². The van der Waals surface area contributed by atoms with Crippen LogP contribution in [-0.4, -0.2) is 16.0 Å². The monoisotopic (exact) mass is 185 g/mol. The third-order valence-corrected chi connectivity index (χ3v) is 1.79. The SMILES string of the molecule is O=C=Nc1cccc(-c2ncc[nH]2)c1. The van der Waals surface area contributed by atoms with Crippen LogP contribution in [0.5, 0.6) is 0 Å². The summed E-state index contributed by atoms with van der Waals surface area (Å²) in [5, 5.41) is 0. The Hall–Kier alpha value is -2.19. The molecule has 0 saturated heterocycles. The molecule has 0 fully saturated rings. The minimum atomic E-state index is 0.578. The number of imidazole rings is 1. The molecule has 4 nitrogen and oxygen atoms in total. The number of hydrogen-bond donors (Lipinski definition) is 1. The lowest BCUT2D eigenvalue weighted by Crippen LogP contribution is -1.78. The summed E-state index contributed by atoms with van der Waals surface area (Å²) in [5.74, 6) is 0.757. The van der Waals surface area contributed by atoms with Crippen LogP contribution in [0.25, 0.3) is 11.4 Å². The predicted molar refractivity (Wildman–Crippen MR) is 51.8 cm³/mol. The number of aromatic nitrogens is 2. The molecule has 1 aromatic carbocycles. The zero-order valence-electron chi connectivity index (χ0n) is 7.27. The van der Waals surface area contributed by atoms with Crippen molar-refractivity contribution in [2.45, 2.75) is 0 Å². The van der Waals surface area contributed by atoms with Crippen molar-refractivity contribution in [3.63, 3.8) is 0 Å². The van der Waals surface area contributed by atoms with Crippen LogP contribution in [-0.2, 0) is 4.79 Å². The first-order valence-electron chi connectivity index (χ1n) is 4.08. The maximum atomic E-state index is 10.1. The highest BCUT2D eigenvalue weighted by atomic mass is 16.1. The molecule has 0 aliphatic carbocycles. The van der Waals surface area contributed by atoms with Gasteiger partial charge in [-0.05, 0) is 12.1 Å². The second-order valence-corrected chi connectivity index (χ2v) is 2.69. The number of H-pyrrole nitrogens is 1. The maximum Gasteiger partial charge on any atom is 0.240 e. The van der Waals surface area contributed by atoms with Gasteiger partial charge in [0.05, 0.1) is 5.69 Å². The highest BCUT2D eigenvalue weighted by Gasteiger charge is 1.99. The van der Waals surface area contributed by atoms with Crippen molar-refractivity contribution in [3.8, 4) is 11.4 Å². The molecule has 0 unspecified atom stereocenters. The molecule has 0 aliphatic heterocycles. The predicted octanol–water partition coefficient (Wildman–Crippen LogP) is 2.04. The van der Waals surface area contributed by atoms with E-state index >= 15 is 0 Å². The van der Waals surface area contributed by atoms with Crippen LogP contribution in [0.1, 0.15) is 0 Å². The summed E-state index contributed by atoms with van der Waals surface area (Å²) in [6.45, 7) is 0. The lowest BCUT2D eigenvalue weighted by molar-refractivity contribution is 0.565. The number of isocyanates is 1. The van der Waals surface area contributed by atoms with Crippen molar-refractivity contribution in [2.24, 2.45) is 4.99 Å². The summed E-state index contributed by atoms with van der Waals surface area (Å²) in [7, 11) is 0. The fourth-order valence-corrected chi connectivity index (χ4v) is 1.20. The average Bonchev–Trinajstić information content (AvgIpc) is 2.71. The highest BCUT2D eigenvalue weighted by molar-refractivity contribution is 5.62. The van der Waals surface area contributed by atoms with Crippen LogP contribution < -0.4 is 0 Å². The van der Waals surface area contributed by atoms with E-state index in [0.717, 1.165) is 11.4 Å². The third kappa shape index (κ3) is 1.60. The van der Waals surface area contributed by atoms with Gasteiger partial charge in [0.2, 0.25) is 6.08 Å². The molecule has 1 aromatic heterocycles. The Balaban J connectivity index is 2.45. The molecule has 14 heavy (non-hydrogen) atoms. The van der Waals surface area contributed by atoms with Gasteiger partial charge in [-0.15, -0.1) is 0 Å². The van der Waals surface area contributed by atoms with Gasteiger partial charge < -0.3 is 4.98 Å². The van der Waals surface area contributed by atoms with Crippen molar-refractivity contribution in [3.05, 3.63) is 36.7 Å². The van der Waals surface area contributed by atoms with E-state index in [9.17, 15) is 4.79 Å². The summed E-state index contributed by atoms with van der Waals surface area (Å²) in [6, 6.07) is 7.21. The standard InChI is InChI=1S/C10H7N3O/c14-7-13-9-3-1-2-8(6-9)10-11-4-5-12-10/h1-6H,(H,11,12). The fraction of sp³-hybridized carbons (Fsp3) is 0. The van der Waals surface area contributed by atoms with Gasteiger partial charge in [0.1, 0.15) is 5.82 Å². The second-order valence-electron chi connectivity index (χ2n) is 2.69. The van der Waals surface area contributed by atoms with Gasteiger partial charge in [0.25, 0.3) is 0 Å². The fourth-order valence-electron chi connectivity index (χ4n) is 1.20. The molecule has 0 aliphatic rings. The zero-order chi connectivity index (χ0) is 9.80. The number of nitrogens with zero attached hydrogens (tertiary/aromatic N) is 2. The molecular weight excluding hydrogens is 178 g/mol. The number of aromatic amines is 1. The van der Waals surface area contributed by atoms with Crippen molar-refractivity contribution in [2.75, 3.05) is 0 Å². The number of hydrogen-bond acceptors (Lipinski definition) is 3. The minimum Gasteiger partial charge on any atom is -0.345 e. The van der Waals surface area contributed by atoms with Gasteiger partial charge in [0, 0.05) is 18.0 Å². The Morgan fingerprint density at radius 2 is 2.36 bits per heavy atom. The van der Waals surface area contributed by atoms with Crippen LogP contribution in [0.3, 0.4) is 0 Å². The number of nitrogens with one attached hydrogen (secondary N) is 1. The lowest BCUT2D eigenvalue weighted by atomic mass is 10.2. The van der Waals surface area contributed by atoms with Gasteiger partial charge in [-0.3, -0.25) is 0 Å². The molecule has 0 amide bonds. The quantitative estimate of drug-likeness (QED) is 0.575. The Labute approximate surface area is 80.3 Å². The Morgan fingerprint density at radius 3 is 3.07 bits per heavy atom. The number of benzene rings is 1. The average molecular weight is 185 g/mol. The lowest BCUT2D eigenvalue weighted by Gasteiger charge is -1.96. The van der Waals surface area contributed by atoms with Crippen molar-refractivity contribution >= 4 is 11.8 Å². The van der Waals surface area contributed by atoms with E-state index in [4.69, 9.17) is 0 Å². The Bertz CT molecular complexity index is 470. The third-order valence-electron chi connectivity index (χ3n) is 1.79. The summed E-state index contributed by atoms with van der Waals surface area (Å²) in [6.07, 6.45) is 4.91. The molecule has 68 valence electrons. The van der Waals surface area contributed by atoms with Crippen LogP contribution in [0.2, 0.25) is 0 Å². The molecule has 2 aromatic rings. The Kier molecular flexibility index (Phi) is 2.21. The minimum absolute atomic E-state index is 0.578. The zero-order valence-corrected chi connectivity index (χ0v) is 7.27. The van der Waals surface area contributed by atoms with E-state index in [0.29, 0.717) is 5.69 Å². The first-order valence-corrected chi connectivity index (χ1v) is 4.08. The number of carbonyl (C=O) groups excluding carboxylic acids is 1. The van der Waals surface area contributed by atoms with Crippen LogP contribution in [0, 0.1) is 0 Å². The van der Waals surface area contributed by atoms with Gasteiger partial charge in [-0.1, -0.05) is 12.1 Å². The van der Waals surface area contributed by atoms with Gasteiger partial charge in [0.15, 0.2) is 0 Å². The molecule has 1 N–H and O–H groups in total. The number of rotatable bonds is 2. The van der Waals surface area contributed by atoms with Crippen LogP contribution >= 0.6 is 0 Å². The molecule has 0 radical (unpaired) electrons. The van der Waals surface area contributed by atoms with E-state index in [1.807, 2.05) is 12.1 Å². The van der Waals surface area contributed by atoms with E-state index in [-0.39, 0.29) is 0 Å². The molecule has 0 atom stereocenters. The molecule has 0 bridgehead atoms. The van der Waals surface area contributed by atoms with E-state index in [2.05, 4.69) is 15.0 Å². The summed E-state index contributed by atoms with van der Waals surface area (Å²) >= 11 is 0. The van der Waals surface area contributed by atoms with Gasteiger partial charge in [-0.2, -0.15) is 4.99 Å². The smallest absolute Gasteiger partial charge is 0.240 e. The first-order chi connectivity index (χ1) is 6.90. The topological polar surface area (TPSA) is 58.1 Å². The molecule has 4 heteroatoms. The molecule has 0 saturated carbocycles. The van der Waals surface area contributed by atoms with Crippen molar-refractivity contribution in [1.29, 1.82) is 0 Å². The second kappa shape index (κ2) is 3.68. The molecule has 0 spiro atoms. The van der Waals surface area contributed by atoms with E-state index in [1.165, 1.54) is 6.08 Å². The van der Waals surface area contributed by atoms with Crippen molar-refractivity contribution < 1.29 is 4.79 Å². The van der Waals surface area contributed by atoms with E-state index in [1.54, 1.807) is 24.5 Å². The maximum absolute atomic E-state index is 10.1. The summed E-state index contributed by atoms with van der Waals surface area (Å²) in [4.78, 5) is 20.7. The van der Waals surface area contributed by atoms with Gasteiger partial charge >= 0.3 is 0 Å². The Morgan fingerprint density at radius 1 is 1.43 bits per heavy atom. The molecule has 1 heterocycles. The summed E-state index contributed by atoms with van der Waals surface area (Å²) < 4.78 is 0. The molecular formula is C10H7N3O. The largest absolute Gasteiger partial charge is 0.345 e. The summed E-state index contributed by atoms with van der Waals surface area (Å²) in [5.41, 5.74) is 1.47. The highest BCUT2D eigenvalue weighted by Crippen LogP contribution is 2.20.